The number of hydrogen-bond acceptors (Lipinski definition) is 8. The summed E-state index contributed by atoms with van der Waals surface area (Å²) in [5, 5.41) is 19.4. The van der Waals surface area contributed by atoms with Gasteiger partial charge in [-0.2, -0.15) is 11.8 Å². The summed E-state index contributed by atoms with van der Waals surface area (Å²) in [4.78, 5) is 65.9. The van der Waals surface area contributed by atoms with Crippen molar-refractivity contribution in [3.8, 4) is 0 Å². The molecule has 0 saturated heterocycles. The molecule has 2 rings (SSSR count). The third kappa shape index (κ3) is 13.4. The zero-order valence-corrected chi connectivity index (χ0v) is 25.2. The van der Waals surface area contributed by atoms with Gasteiger partial charge in [0, 0.05) is 30.0 Å². The summed E-state index contributed by atoms with van der Waals surface area (Å²) in [5.41, 5.74) is 19.0. The third-order valence-corrected chi connectivity index (χ3v) is 9.02. The van der Waals surface area contributed by atoms with Crippen molar-refractivity contribution in [3.05, 3.63) is 35.4 Å². The molecule has 1 unspecified atom stereocenters. The minimum absolute atomic E-state index is 0.0799. The average molecular weight is 626 g/mol. The number of nitrogens with two attached hydrogens (primary N) is 3. The fraction of sp³-hybridized carbons (Fsp3) is 0.538. The molecule has 0 aromatic heterocycles. The van der Waals surface area contributed by atoms with Gasteiger partial charge in [-0.25, -0.2) is 4.79 Å². The number of carbonyl (C=O) groups excluding carboxylic acids is 4. The molecule has 2 bridgehead atoms. The van der Waals surface area contributed by atoms with Crippen LogP contribution in [-0.2, 0) is 46.4 Å². The van der Waals surface area contributed by atoms with Crippen LogP contribution in [0.25, 0.3) is 0 Å². The molecule has 16 heteroatoms. The van der Waals surface area contributed by atoms with Gasteiger partial charge in [0.1, 0.15) is 23.6 Å². The van der Waals surface area contributed by atoms with Gasteiger partial charge in [-0.15, -0.1) is 0 Å². The van der Waals surface area contributed by atoms with E-state index in [1.165, 1.54) is 11.8 Å². The van der Waals surface area contributed by atoms with Crippen LogP contribution in [0.4, 0.5) is 0 Å². The van der Waals surface area contributed by atoms with Crippen molar-refractivity contribution in [1.29, 1.82) is 0 Å². The maximum atomic E-state index is 12.9. The highest BCUT2D eigenvalue weighted by atomic mass is 32.2. The Hall–Kier alpha value is -3.50. The number of rotatable bonds is 5. The molecule has 14 nitrogen and oxygen atoms in total. The molecule has 1 heterocycles. The molecule has 0 saturated carbocycles. The average Bonchev–Trinajstić information content (AvgIpc) is 2.93. The Labute approximate surface area is 252 Å². The van der Waals surface area contributed by atoms with Crippen molar-refractivity contribution in [2.75, 3.05) is 37.4 Å². The Morgan fingerprint density at radius 2 is 1.79 bits per heavy atom. The van der Waals surface area contributed by atoms with Crippen LogP contribution < -0.4 is 38.5 Å². The third-order valence-electron chi connectivity index (χ3n) is 6.15. The van der Waals surface area contributed by atoms with E-state index in [0.717, 1.165) is 16.9 Å². The summed E-state index contributed by atoms with van der Waals surface area (Å²) in [5.74, 6) is -1.55. The second-order valence-electron chi connectivity index (χ2n) is 9.82. The number of hydrogen-bond donors (Lipinski definition) is 8. The molecule has 232 valence electrons. The number of aliphatic carboxylic acids is 1. The normalized spacial score (nSPS) is 23.9. The van der Waals surface area contributed by atoms with Crippen LogP contribution in [0.5, 0.6) is 0 Å². The quantitative estimate of drug-likeness (QED) is 0.0755. The van der Waals surface area contributed by atoms with E-state index in [1.807, 2.05) is 18.2 Å². The number of carbonyl (C=O) groups is 5. The standard InChI is InChI=1S/C26H40N8O6S2/c1-42-9-7-18(27)23(37)34-19(6-3-8-30-26(28)29)24(38)32-11-21(35)31-12-22(36)33-20(25(39)40)14-41-13-16-4-2-5-17(10-16)15-42/h2,4-5,10,18-20H,3,6-9,11-15,27H2,1H3,(H8-,28,29,30,31,32,33,34,35,36,37,38,39,40)/p+1/t18-,19-,20-,42?/m0/s1. The van der Waals surface area contributed by atoms with Gasteiger partial charge in [0.2, 0.25) is 23.6 Å². The number of carboxylic acid groups (broad SMARTS) is 1. The van der Waals surface area contributed by atoms with E-state index in [0.29, 0.717) is 24.3 Å². The van der Waals surface area contributed by atoms with E-state index in [-0.39, 0.29) is 35.6 Å². The lowest BCUT2D eigenvalue weighted by Crippen LogP contribution is -2.53. The fourth-order valence-electron chi connectivity index (χ4n) is 3.92. The molecule has 1 aliphatic rings. The SMILES string of the molecule is C[S+]1CC[C@H](N)C(=O)N[C@@H](CCCN=C(N)N)C(=O)NCC(=O)NCC(=O)N[C@H](C(=O)O)CSCc2cccc(c2)C1. The molecular weight excluding hydrogens is 584 g/mol. The Balaban J connectivity index is 2.16. The van der Waals surface area contributed by atoms with Crippen LogP contribution in [0.1, 0.15) is 30.4 Å². The number of nitrogens with zero attached hydrogens (tertiary/aromatic N) is 1. The number of nitrogens with one attached hydrogen (secondary N) is 4. The van der Waals surface area contributed by atoms with Crippen LogP contribution >= 0.6 is 11.8 Å². The van der Waals surface area contributed by atoms with Gasteiger partial charge in [-0.3, -0.25) is 24.2 Å². The predicted octanol–water partition coefficient (Wildman–Crippen LogP) is -2.26. The summed E-state index contributed by atoms with van der Waals surface area (Å²) >= 11 is 1.37. The van der Waals surface area contributed by atoms with E-state index in [1.54, 1.807) is 0 Å². The summed E-state index contributed by atoms with van der Waals surface area (Å²) in [6, 6.07) is 5.02. The van der Waals surface area contributed by atoms with Gasteiger partial charge in [0.15, 0.2) is 5.96 Å². The predicted molar refractivity (Wildman–Crippen MR) is 164 cm³/mol. The van der Waals surface area contributed by atoms with E-state index in [2.05, 4.69) is 38.6 Å². The van der Waals surface area contributed by atoms with Crippen LogP contribution in [0.3, 0.4) is 0 Å². The smallest absolute Gasteiger partial charge is 0.327 e. The van der Waals surface area contributed by atoms with Gasteiger partial charge in [0.25, 0.3) is 0 Å². The Morgan fingerprint density at radius 3 is 2.50 bits per heavy atom. The van der Waals surface area contributed by atoms with Crippen molar-refractivity contribution in [1.82, 2.24) is 21.3 Å². The zero-order chi connectivity index (χ0) is 31.1. The number of fused-ring (bicyclic) bond motifs is 2. The molecule has 0 aliphatic carbocycles. The molecule has 0 radical (unpaired) electrons. The van der Waals surface area contributed by atoms with Crippen molar-refractivity contribution < 1.29 is 29.1 Å². The molecule has 42 heavy (non-hydrogen) atoms. The molecule has 4 amide bonds. The second kappa shape index (κ2) is 18.1. The van der Waals surface area contributed by atoms with Crippen molar-refractivity contribution in [3.63, 3.8) is 0 Å². The molecule has 11 N–H and O–H groups in total. The highest BCUT2D eigenvalue weighted by Gasteiger charge is 2.26. The van der Waals surface area contributed by atoms with Gasteiger partial charge in [-0.05, 0) is 29.3 Å². The summed E-state index contributed by atoms with van der Waals surface area (Å²) < 4.78 is 0. The maximum Gasteiger partial charge on any atom is 0.327 e. The molecular formula is C26H41N8O6S2+. The van der Waals surface area contributed by atoms with Gasteiger partial charge < -0.3 is 43.6 Å². The molecule has 0 spiro atoms. The van der Waals surface area contributed by atoms with Crippen LogP contribution in [0.15, 0.2) is 29.3 Å². The van der Waals surface area contributed by atoms with Gasteiger partial charge in [0.05, 0.1) is 25.4 Å². The molecule has 4 atom stereocenters. The second-order valence-corrected chi connectivity index (χ2v) is 13.1. The first-order valence-corrected chi connectivity index (χ1v) is 16.5. The van der Waals surface area contributed by atoms with Crippen LogP contribution in [0.2, 0.25) is 0 Å². The van der Waals surface area contributed by atoms with E-state index in [4.69, 9.17) is 17.2 Å². The van der Waals surface area contributed by atoms with Crippen LogP contribution in [-0.4, -0.2) is 96.2 Å². The number of thioether (sulfide) groups is 1. The summed E-state index contributed by atoms with van der Waals surface area (Å²) in [7, 11) is -0.0799. The first-order valence-electron chi connectivity index (χ1n) is 13.4. The Morgan fingerprint density at radius 1 is 1.07 bits per heavy atom. The first-order chi connectivity index (χ1) is 19.9. The Bertz CT molecular complexity index is 1130. The highest BCUT2D eigenvalue weighted by molar-refractivity contribution is 7.98. The molecule has 1 aromatic carbocycles. The topological polar surface area (TPSA) is 244 Å². The van der Waals surface area contributed by atoms with Gasteiger partial charge in [-0.1, -0.05) is 24.3 Å². The fourth-order valence-corrected chi connectivity index (χ4v) is 6.47. The lowest BCUT2D eigenvalue weighted by molar-refractivity contribution is -0.141. The first kappa shape index (κ1) is 34.7. The van der Waals surface area contributed by atoms with Crippen molar-refractivity contribution in [2.45, 2.75) is 48.9 Å². The molecule has 1 aliphatic heterocycles. The monoisotopic (exact) mass is 625 g/mol. The lowest BCUT2D eigenvalue weighted by Gasteiger charge is -2.20. The largest absolute Gasteiger partial charge is 0.480 e. The number of carboxylic acids is 1. The number of amides is 4. The minimum atomic E-state index is -1.19. The van der Waals surface area contributed by atoms with E-state index >= 15 is 0 Å². The molecule has 0 fully saturated rings. The number of aliphatic imine (C=N–C) groups is 1. The zero-order valence-electron chi connectivity index (χ0n) is 23.6. The van der Waals surface area contributed by atoms with E-state index < -0.39 is 60.8 Å². The Kier molecular flexibility index (Phi) is 15.0. The van der Waals surface area contributed by atoms with E-state index in [9.17, 15) is 29.1 Å². The van der Waals surface area contributed by atoms with Crippen molar-refractivity contribution in [2.24, 2.45) is 22.2 Å². The summed E-state index contributed by atoms with van der Waals surface area (Å²) in [6.07, 6.45) is 3.08. The maximum absolute atomic E-state index is 12.9. The number of benzene rings is 1. The molecule has 1 aromatic rings. The minimum Gasteiger partial charge on any atom is -0.480 e. The van der Waals surface area contributed by atoms with Crippen molar-refractivity contribution >= 4 is 58.2 Å². The number of guanidine groups is 1. The highest BCUT2D eigenvalue weighted by Crippen LogP contribution is 2.17. The van der Waals surface area contributed by atoms with Gasteiger partial charge >= 0.3 is 5.97 Å². The van der Waals surface area contributed by atoms with Crippen LogP contribution in [0, 0.1) is 0 Å². The summed E-state index contributed by atoms with van der Waals surface area (Å²) in [6.45, 7) is -0.704. The lowest BCUT2D eigenvalue weighted by atomic mass is 10.1.